The normalized spacial score (nSPS) is 14.7. The van der Waals surface area contributed by atoms with Crippen LogP contribution in [0.1, 0.15) is 5.56 Å². The molecule has 0 radical (unpaired) electrons. The SMILES string of the molecule is Cc1cccc2c1NCCN2C=O. The van der Waals surface area contributed by atoms with Gasteiger partial charge in [0.15, 0.2) is 0 Å². The van der Waals surface area contributed by atoms with Crippen LogP contribution in [0.5, 0.6) is 0 Å². The summed E-state index contributed by atoms with van der Waals surface area (Å²) in [4.78, 5) is 12.5. The number of rotatable bonds is 1. The molecule has 1 aliphatic heterocycles. The molecule has 1 heterocycles. The number of amides is 1. The van der Waals surface area contributed by atoms with E-state index in [1.165, 1.54) is 5.56 Å². The molecule has 13 heavy (non-hydrogen) atoms. The molecular formula is C10H12N2O. The monoisotopic (exact) mass is 176 g/mol. The summed E-state index contributed by atoms with van der Waals surface area (Å²) in [6.45, 7) is 3.62. The zero-order valence-electron chi connectivity index (χ0n) is 7.58. The molecule has 3 heteroatoms. The smallest absolute Gasteiger partial charge is 0.214 e. The number of benzene rings is 1. The van der Waals surface area contributed by atoms with Crippen LogP contribution in [0.15, 0.2) is 18.2 Å². The maximum Gasteiger partial charge on any atom is 0.214 e. The number of carbonyl (C=O) groups excluding carboxylic acids is 1. The summed E-state index contributed by atoms with van der Waals surface area (Å²) >= 11 is 0. The number of nitrogens with zero attached hydrogens (tertiary/aromatic N) is 1. The molecule has 0 saturated carbocycles. The molecular weight excluding hydrogens is 164 g/mol. The largest absolute Gasteiger partial charge is 0.381 e. The van der Waals surface area contributed by atoms with Crippen molar-refractivity contribution in [2.45, 2.75) is 6.92 Å². The Morgan fingerprint density at radius 1 is 1.54 bits per heavy atom. The summed E-state index contributed by atoms with van der Waals surface area (Å²) in [5, 5.41) is 3.29. The van der Waals surface area contributed by atoms with E-state index in [9.17, 15) is 4.79 Å². The first-order chi connectivity index (χ1) is 6.33. The molecule has 1 N–H and O–H groups in total. The van der Waals surface area contributed by atoms with Gasteiger partial charge in [0.1, 0.15) is 0 Å². The van der Waals surface area contributed by atoms with Gasteiger partial charge in [0.25, 0.3) is 0 Å². The third kappa shape index (κ3) is 1.26. The van der Waals surface area contributed by atoms with Gasteiger partial charge >= 0.3 is 0 Å². The number of para-hydroxylation sites is 1. The lowest BCUT2D eigenvalue weighted by Gasteiger charge is -2.28. The predicted octanol–water partition coefficient (Wildman–Crippen LogP) is 1.38. The Labute approximate surface area is 77.4 Å². The van der Waals surface area contributed by atoms with Crippen LogP contribution in [0.25, 0.3) is 0 Å². The summed E-state index contributed by atoms with van der Waals surface area (Å²) in [6, 6.07) is 5.97. The topological polar surface area (TPSA) is 32.3 Å². The quantitative estimate of drug-likeness (QED) is 0.656. The van der Waals surface area contributed by atoms with Gasteiger partial charge in [-0.1, -0.05) is 12.1 Å². The molecule has 0 spiro atoms. The molecule has 0 saturated heterocycles. The van der Waals surface area contributed by atoms with Crippen molar-refractivity contribution in [3.05, 3.63) is 23.8 Å². The van der Waals surface area contributed by atoms with E-state index in [2.05, 4.69) is 5.32 Å². The van der Waals surface area contributed by atoms with Crippen molar-refractivity contribution < 1.29 is 4.79 Å². The molecule has 0 aliphatic carbocycles. The van der Waals surface area contributed by atoms with E-state index in [1.54, 1.807) is 4.90 Å². The molecule has 68 valence electrons. The van der Waals surface area contributed by atoms with E-state index >= 15 is 0 Å². The van der Waals surface area contributed by atoms with Crippen LogP contribution >= 0.6 is 0 Å². The van der Waals surface area contributed by atoms with Gasteiger partial charge in [-0.25, -0.2) is 0 Å². The van der Waals surface area contributed by atoms with E-state index in [-0.39, 0.29) is 0 Å². The van der Waals surface area contributed by atoms with E-state index < -0.39 is 0 Å². The first kappa shape index (κ1) is 8.10. The minimum absolute atomic E-state index is 0.750. The van der Waals surface area contributed by atoms with Crippen molar-refractivity contribution in [2.75, 3.05) is 23.3 Å². The predicted molar refractivity (Wildman–Crippen MR) is 53.1 cm³/mol. The average Bonchev–Trinajstić information content (AvgIpc) is 2.18. The summed E-state index contributed by atoms with van der Waals surface area (Å²) in [5.41, 5.74) is 3.26. The molecule has 0 bridgehead atoms. The third-order valence-electron chi connectivity index (χ3n) is 2.34. The van der Waals surface area contributed by atoms with Gasteiger partial charge in [-0.15, -0.1) is 0 Å². The Morgan fingerprint density at radius 2 is 2.38 bits per heavy atom. The summed E-state index contributed by atoms with van der Waals surface area (Å²) < 4.78 is 0. The fourth-order valence-electron chi connectivity index (χ4n) is 1.65. The zero-order valence-corrected chi connectivity index (χ0v) is 7.58. The zero-order chi connectivity index (χ0) is 9.26. The van der Waals surface area contributed by atoms with Gasteiger partial charge in [0.2, 0.25) is 6.41 Å². The van der Waals surface area contributed by atoms with Crippen molar-refractivity contribution in [1.82, 2.24) is 0 Å². The minimum atomic E-state index is 0.750. The Kier molecular flexibility index (Phi) is 1.93. The second-order valence-corrected chi connectivity index (χ2v) is 3.19. The fourth-order valence-corrected chi connectivity index (χ4v) is 1.65. The van der Waals surface area contributed by atoms with Crippen molar-refractivity contribution in [3.63, 3.8) is 0 Å². The highest BCUT2D eigenvalue weighted by atomic mass is 16.1. The molecule has 0 unspecified atom stereocenters. The van der Waals surface area contributed by atoms with E-state index in [0.717, 1.165) is 30.9 Å². The van der Waals surface area contributed by atoms with Crippen molar-refractivity contribution in [2.24, 2.45) is 0 Å². The van der Waals surface area contributed by atoms with Crippen LogP contribution in [-0.4, -0.2) is 19.5 Å². The van der Waals surface area contributed by atoms with Crippen LogP contribution < -0.4 is 10.2 Å². The van der Waals surface area contributed by atoms with Crippen LogP contribution in [0.2, 0.25) is 0 Å². The highest BCUT2D eigenvalue weighted by Crippen LogP contribution is 2.30. The Hall–Kier alpha value is -1.51. The second-order valence-electron chi connectivity index (χ2n) is 3.19. The Bertz CT molecular complexity index is 336. The van der Waals surface area contributed by atoms with Crippen LogP contribution in [0, 0.1) is 6.92 Å². The summed E-state index contributed by atoms with van der Waals surface area (Å²) in [7, 11) is 0. The number of fused-ring (bicyclic) bond motifs is 1. The van der Waals surface area contributed by atoms with E-state index in [4.69, 9.17) is 0 Å². The second kappa shape index (κ2) is 3.09. The molecule has 1 aromatic carbocycles. The first-order valence-electron chi connectivity index (χ1n) is 4.38. The van der Waals surface area contributed by atoms with Crippen LogP contribution in [-0.2, 0) is 4.79 Å². The van der Waals surface area contributed by atoms with Gasteiger partial charge < -0.3 is 10.2 Å². The number of hydrogen-bond acceptors (Lipinski definition) is 2. The van der Waals surface area contributed by atoms with Gasteiger partial charge in [-0.05, 0) is 18.6 Å². The Morgan fingerprint density at radius 3 is 3.15 bits per heavy atom. The Balaban J connectivity index is 2.51. The number of hydrogen-bond donors (Lipinski definition) is 1. The molecule has 1 amide bonds. The highest BCUT2D eigenvalue weighted by molar-refractivity contribution is 5.86. The summed E-state index contributed by atoms with van der Waals surface area (Å²) in [5.74, 6) is 0. The van der Waals surface area contributed by atoms with Crippen molar-refractivity contribution in [3.8, 4) is 0 Å². The molecule has 0 atom stereocenters. The minimum Gasteiger partial charge on any atom is -0.381 e. The van der Waals surface area contributed by atoms with Crippen molar-refractivity contribution in [1.29, 1.82) is 0 Å². The van der Waals surface area contributed by atoms with Gasteiger partial charge in [-0.2, -0.15) is 0 Å². The molecule has 1 aliphatic rings. The summed E-state index contributed by atoms with van der Waals surface area (Å²) in [6.07, 6.45) is 0.888. The first-order valence-corrected chi connectivity index (χ1v) is 4.38. The lowest BCUT2D eigenvalue weighted by Crippen LogP contribution is -2.32. The average molecular weight is 176 g/mol. The maximum absolute atomic E-state index is 10.7. The maximum atomic E-state index is 10.7. The third-order valence-corrected chi connectivity index (χ3v) is 2.34. The number of anilines is 2. The van der Waals surface area contributed by atoms with Gasteiger partial charge in [0, 0.05) is 13.1 Å². The number of carbonyl (C=O) groups is 1. The molecule has 0 aromatic heterocycles. The van der Waals surface area contributed by atoms with Gasteiger partial charge in [0.05, 0.1) is 11.4 Å². The van der Waals surface area contributed by atoms with E-state index in [0.29, 0.717) is 0 Å². The van der Waals surface area contributed by atoms with Gasteiger partial charge in [-0.3, -0.25) is 4.79 Å². The van der Waals surface area contributed by atoms with Crippen LogP contribution in [0.4, 0.5) is 11.4 Å². The molecule has 2 rings (SSSR count). The standard InChI is InChI=1S/C10H12N2O/c1-8-3-2-4-9-10(8)11-5-6-12(9)7-13/h2-4,7,11H,5-6H2,1H3. The molecule has 1 aromatic rings. The highest BCUT2D eigenvalue weighted by Gasteiger charge is 2.16. The van der Waals surface area contributed by atoms with E-state index in [1.807, 2.05) is 25.1 Å². The van der Waals surface area contributed by atoms with Crippen molar-refractivity contribution >= 4 is 17.8 Å². The van der Waals surface area contributed by atoms with Crippen LogP contribution in [0.3, 0.4) is 0 Å². The fraction of sp³-hybridized carbons (Fsp3) is 0.300. The lowest BCUT2D eigenvalue weighted by molar-refractivity contribution is -0.107. The number of aryl methyl sites for hydroxylation is 1. The lowest BCUT2D eigenvalue weighted by atomic mass is 10.1. The molecule has 3 nitrogen and oxygen atoms in total. The molecule has 0 fully saturated rings. The number of nitrogens with one attached hydrogen (secondary N) is 1.